The lowest BCUT2D eigenvalue weighted by atomic mass is 10.1. The summed E-state index contributed by atoms with van der Waals surface area (Å²) in [5, 5.41) is 2.96. The molecular weight excluding hydrogens is 375 g/mol. The third-order valence-corrected chi connectivity index (χ3v) is 4.70. The average molecular weight is 396 g/mol. The highest BCUT2D eigenvalue weighted by Crippen LogP contribution is 2.32. The van der Waals surface area contributed by atoms with Crippen LogP contribution >= 0.6 is 0 Å². The van der Waals surface area contributed by atoms with Gasteiger partial charge >= 0.3 is 0 Å². The quantitative estimate of drug-likeness (QED) is 0.680. The maximum Gasteiger partial charge on any atom is 0.220 e. The van der Waals surface area contributed by atoms with Crippen LogP contribution in [0.25, 0.3) is 11.3 Å². The number of carbonyl (C=O) groups is 1. The number of aryl methyl sites for hydroxylation is 1. The van der Waals surface area contributed by atoms with Gasteiger partial charge in [0.1, 0.15) is 19.0 Å². The lowest BCUT2D eigenvalue weighted by molar-refractivity contribution is -0.121. The van der Waals surface area contributed by atoms with E-state index in [1.165, 1.54) is 12.3 Å². The second-order valence-electron chi connectivity index (χ2n) is 6.79. The number of ether oxygens (including phenoxy) is 2. The van der Waals surface area contributed by atoms with E-state index in [1.807, 2.05) is 25.1 Å². The Labute approximate surface area is 167 Å². The lowest BCUT2D eigenvalue weighted by Gasteiger charge is -2.21. The van der Waals surface area contributed by atoms with Gasteiger partial charge in [0.05, 0.1) is 17.8 Å². The van der Waals surface area contributed by atoms with Crippen LogP contribution in [0.3, 0.4) is 0 Å². The van der Waals surface area contributed by atoms with Crippen molar-refractivity contribution >= 4 is 5.91 Å². The smallest absolute Gasteiger partial charge is 0.220 e. The van der Waals surface area contributed by atoms with E-state index in [4.69, 9.17) is 13.9 Å². The first-order chi connectivity index (χ1) is 14.1. The van der Waals surface area contributed by atoms with Crippen molar-refractivity contribution in [1.29, 1.82) is 0 Å². The molecule has 1 aliphatic rings. The molecular formula is C22H21FN2O4. The van der Waals surface area contributed by atoms with Crippen molar-refractivity contribution < 1.29 is 23.1 Å². The molecule has 7 heteroatoms. The zero-order valence-corrected chi connectivity index (χ0v) is 16.0. The third kappa shape index (κ3) is 4.39. The van der Waals surface area contributed by atoms with E-state index in [1.54, 1.807) is 18.2 Å². The Morgan fingerprint density at radius 3 is 2.79 bits per heavy atom. The van der Waals surface area contributed by atoms with Crippen LogP contribution in [0.2, 0.25) is 0 Å². The summed E-state index contributed by atoms with van der Waals surface area (Å²) >= 11 is 0. The van der Waals surface area contributed by atoms with Gasteiger partial charge in [-0.05, 0) is 36.8 Å². The van der Waals surface area contributed by atoms with Crippen LogP contribution in [0, 0.1) is 5.82 Å². The van der Waals surface area contributed by atoms with E-state index < -0.39 is 0 Å². The number of oxazole rings is 1. The standard InChI is InChI=1S/C22H21FN2O4/c1-14(15-6-7-18-19(12-15)28-11-10-27-18)25-21(26)8-9-22-24-13-20(29-22)16-4-2-3-5-17(16)23/h2-7,12-14H,8-11H2,1H3,(H,25,26). The molecule has 4 rings (SSSR count). The van der Waals surface area contributed by atoms with Crippen LogP contribution in [-0.2, 0) is 11.2 Å². The average Bonchev–Trinajstić information content (AvgIpc) is 3.21. The zero-order valence-electron chi connectivity index (χ0n) is 16.0. The minimum atomic E-state index is -0.374. The summed E-state index contributed by atoms with van der Waals surface area (Å²) in [6.45, 7) is 2.96. The van der Waals surface area contributed by atoms with E-state index >= 15 is 0 Å². The molecule has 0 aliphatic carbocycles. The third-order valence-electron chi connectivity index (χ3n) is 4.70. The molecule has 0 saturated heterocycles. The molecule has 0 radical (unpaired) electrons. The van der Waals surface area contributed by atoms with Gasteiger partial charge in [-0.2, -0.15) is 0 Å². The van der Waals surface area contributed by atoms with Crippen molar-refractivity contribution in [3.05, 3.63) is 65.9 Å². The van der Waals surface area contributed by atoms with Crippen molar-refractivity contribution in [1.82, 2.24) is 10.3 Å². The Bertz CT molecular complexity index is 1020. The monoisotopic (exact) mass is 396 g/mol. The van der Waals surface area contributed by atoms with E-state index in [9.17, 15) is 9.18 Å². The molecule has 6 nitrogen and oxygen atoms in total. The Hall–Kier alpha value is -3.35. The van der Waals surface area contributed by atoms with E-state index in [0.29, 0.717) is 48.3 Å². The van der Waals surface area contributed by atoms with Gasteiger partial charge in [-0.3, -0.25) is 4.79 Å². The summed E-state index contributed by atoms with van der Waals surface area (Å²) in [7, 11) is 0. The highest BCUT2D eigenvalue weighted by molar-refractivity contribution is 5.76. The van der Waals surface area contributed by atoms with Crippen LogP contribution in [0.15, 0.2) is 53.1 Å². The molecule has 1 atom stereocenters. The van der Waals surface area contributed by atoms with Gasteiger partial charge in [0.25, 0.3) is 0 Å². The molecule has 150 valence electrons. The van der Waals surface area contributed by atoms with Gasteiger partial charge in [0.2, 0.25) is 5.91 Å². The normalized spacial score (nSPS) is 13.7. The Morgan fingerprint density at radius 1 is 1.17 bits per heavy atom. The van der Waals surface area contributed by atoms with Crippen molar-refractivity contribution in [3.63, 3.8) is 0 Å². The summed E-state index contributed by atoms with van der Waals surface area (Å²) < 4.78 is 30.5. The second-order valence-corrected chi connectivity index (χ2v) is 6.79. The van der Waals surface area contributed by atoms with E-state index in [2.05, 4.69) is 10.3 Å². The van der Waals surface area contributed by atoms with E-state index in [-0.39, 0.29) is 24.2 Å². The number of rotatable bonds is 6. The van der Waals surface area contributed by atoms with Gasteiger partial charge in [0.15, 0.2) is 23.1 Å². The van der Waals surface area contributed by atoms with Gasteiger partial charge < -0.3 is 19.2 Å². The van der Waals surface area contributed by atoms with Crippen LogP contribution in [0.1, 0.15) is 30.8 Å². The molecule has 0 fully saturated rings. The number of aromatic nitrogens is 1. The van der Waals surface area contributed by atoms with Crippen LogP contribution < -0.4 is 14.8 Å². The molecule has 0 spiro atoms. The maximum atomic E-state index is 13.8. The molecule has 1 aliphatic heterocycles. The number of halogens is 1. The van der Waals surface area contributed by atoms with Crippen LogP contribution in [0.4, 0.5) is 4.39 Å². The fourth-order valence-electron chi connectivity index (χ4n) is 3.16. The fraction of sp³-hybridized carbons (Fsp3) is 0.273. The van der Waals surface area contributed by atoms with Gasteiger partial charge in [-0.25, -0.2) is 9.37 Å². The first-order valence-electron chi connectivity index (χ1n) is 9.48. The number of nitrogens with zero attached hydrogens (tertiary/aromatic N) is 1. The number of benzene rings is 2. The lowest BCUT2D eigenvalue weighted by Crippen LogP contribution is -2.27. The largest absolute Gasteiger partial charge is 0.486 e. The number of hydrogen-bond acceptors (Lipinski definition) is 5. The second kappa shape index (κ2) is 8.34. The van der Waals surface area contributed by atoms with Gasteiger partial charge in [-0.1, -0.05) is 18.2 Å². The van der Waals surface area contributed by atoms with Crippen LogP contribution in [0.5, 0.6) is 11.5 Å². The Morgan fingerprint density at radius 2 is 1.97 bits per heavy atom. The summed E-state index contributed by atoms with van der Waals surface area (Å²) in [5.74, 6) is 1.65. The summed E-state index contributed by atoms with van der Waals surface area (Å²) in [6.07, 6.45) is 2.02. The zero-order chi connectivity index (χ0) is 20.2. The molecule has 0 saturated carbocycles. The summed E-state index contributed by atoms with van der Waals surface area (Å²) in [5.41, 5.74) is 1.28. The molecule has 1 aromatic heterocycles. The first-order valence-corrected chi connectivity index (χ1v) is 9.48. The van der Waals surface area contributed by atoms with E-state index in [0.717, 1.165) is 5.56 Å². The molecule has 0 bridgehead atoms. The highest BCUT2D eigenvalue weighted by atomic mass is 19.1. The number of hydrogen-bond donors (Lipinski definition) is 1. The predicted molar refractivity (Wildman–Crippen MR) is 104 cm³/mol. The number of nitrogens with one attached hydrogen (secondary N) is 1. The number of amides is 1. The van der Waals surface area contributed by atoms with Crippen molar-refractivity contribution in [2.75, 3.05) is 13.2 Å². The van der Waals surface area contributed by atoms with Crippen molar-refractivity contribution in [2.45, 2.75) is 25.8 Å². The SMILES string of the molecule is CC(NC(=O)CCc1ncc(-c2ccccc2F)o1)c1ccc2c(c1)OCCO2. The van der Waals surface area contributed by atoms with Crippen molar-refractivity contribution in [2.24, 2.45) is 0 Å². The Balaban J connectivity index is 1.33. The van der Waals surface area contributed by atoms with Crippen molar-refractivity contribution in [3.8, 4) is 22.8 Å². The molecule has 2 aromatic carbocycles. The molecule has 1 unspecified atom stereocenters. The number of carbonyl (C=O) groups excluding carboxylic acids is 1. The first kappa shape index (κ1) is 19.0. The van der Waals surface area contributed by atoms with Gasteiger partial charge in [-0.15, -0.1) is 0 Å². The summed E-state index contributed by atoms with van der Waals surface area (Å²) in [6, 6.07) is 11.8. The molecule has 2 heterocycles. The topological polar surface area (TPSA) is 73.6 Å². The predicted octanol–water partition coefficient (Wildman–Crippen LogP) is 4.06. The molecule has 1 N–H and O–H groups in total. The minimum absolute atomic E-state index is 0.127. The maximum absolute atomic E-state index is 13.8. The molecule has 3 aromatic rings. The minimum Gasteiger partial charge on any atom is -0.486 e. The molecule has 1 amide bonds. The van der Waals surface area contributed by atoms with Gasteiger partial charge in [0, 0.05) is 12.8 Å². The van der Waals surface area contributed by atoms with Crippen LogP contribution in [-0.4, -0.2) is 24.1 Å². The highest BCUT2D eigenvalue weighted by Gasteiger charge is 2.17. The molecule has 29 heavy (non-hydrogen) atoms. The fourth-order valence-corrected chi connectivity index (χ4v) is 3.16. The Kier molecular flexibility index (Phi) is 5.46. The summed E-state index contributed by atoms with van der Waals surface area (Å²) in [4.78, 5) is 16.5. The number of fused-ring (bicyclic) bond motifs is 1.